The Labute approximate surface area is 120 Å². The van der Waals surface area contributed by atoms with Gasteiger partial charge >= 0.3 is 0 Å². The van der Waals surface area contributed by atoms with Crippen LogP contribution in [0.1, 0.15) is 23.0 Å². The molecule has 3 aromatic rings. The van der Waals surface area contributed by atoms with Crippen molar-refractivity contribution in [2.75, 3.05) is 0 Å². The van der Waals surface area contributed by atoms with Crippen LogP contribution in [0.25, 0.3) is 22.3 Å². The quantitative estimate of drug-likeness (QED) is 0.683. The van der Waals surface area contributed by atoms with Gasteiger partial charge in [0.25, 0.3) is 0 Å². The molecule has 2 heterocycles. The SMILES string of the molecule is CCc1[nH]nc2nc(-c3ccc(O)cc3)cc(C(N)=O)c12. The highest BCUT2D eigenvalue weighted by molar-refractivity contribution is 6.06. The minimum Gasteiger partial charge on any atom is -0.508 e. The number of carbonyl (C=O) groups is 1. The lowest BCUT2D eigenvalue weighted by Crippen LogP contribution is -2.12. The van der Waals surface area contributed by atoms with Crippen LogP contribution in [0.4, 0.5) is 0 Å². The minimum atomic E-state index is -0.515. The zero-order valence-electron chi connectivity index (χ0n) is 11.4. The van der Waals surface area contributed by atoms with E-state index in [1.165, 1.54) is 0 Å². The van der Waals surface area contributed by atoms with Crippen LogP contribution in [0.5, 0.6) is 5.75 Å². The second kappa shape index (κ2) is 4.90. The number of nitrogens with zero attached hydrogens (tertiary/aromatic N) is 2. The summed E-state index contributed by atoms with van der Waals surface area (Å²) in [5, 5.41) is 17.0. The number of nitrogens with one attached hydrogen (secondary N) is 1. The third-order valence-corrected chi connectivity index (χ3v) is 3.38. The van der Waals surface area contributed by atoms with E-state index in [2.05, 4.69) is 15.2 Å². The van der Waals surface area contributed by atoms with E-state index in [-0.39, 0.29) is 5.75 Å². The highest BCUT2D eigenvalue weighted by Gasteiger charge is 2.16. The molecule has 0 saturated heterocycles. The van der Waals surface area contributed by atoms with Gasteiger partial charge in [0.1, 0.15) is 5.75 Å². The van der Waals surface area contributed by atoms with E-state index in [4.69, 9.17) is 5.73 Å². The number of pyridine rings is 1. The maximum absolute atomic E-state index is 11.7. The molecular weight excluding hydrogens is 268 g/mol. The topological polar surface area (TPSA) is 105 Å². The van der Waals surface area contributed by atoms with Crippen molar-refractivity contribution in [3.8, 4) is 17.0 Å². The Hall–Kier alpha value is -2.89. The number of hydrogen-bond acceptors (Lipinski definition) is 4. The molecule has 1 amide bonds. The molecule has 0 unspecified atom stereocenters. The molecule has 1 aromatic carbocycles. The molecule has 0 spiro atoms. The number of nitrogens with two attached hydrogens (primary N) is 1. The van der Waals surface area contributed by atoms with Gasteiger partial charge in [0.15, 0.2) is 5.65 Å². The van der Waals surface area contributed by atoms with Crippen molar-refractivity contribution < 1.29 is 9.90 Å². The van der Waals surface area contributed by atoms with Gasteiger partial charge in [-0.1, -0.05) is 6.92 Å². The number of phenolic OH excluding ortho intramolecular Hbond substituents is 1. The number of rotatable bonds is 3. The van der Waals surface area contributed by atoms with Crippen LogP contribution in [-0.2, 0) is 6.42 Å². The van der Waals surface area contributed by atoms with Crippen molar-refractivity contribution in [3.05, 3.63) is 41.6 Å². The monoisotopic (exact) mass is 282 g/mol. The van der Waals surface area contributed by atoms with E-state index in [1.54, 1.807) is 30.3 Å². The molecule has 106 valence electrons. The van der Waals surface area contributed by atoms with Crippen LogP contribution < -0.4 is 5.73 Å². The Morgan fingerprint density at radius 2 is 2.05 bits per heavy atom. The zero-order chi connectivity index (χ0) is 15.0. The van der Waals surface area contributed by atoms with Crippen LogP contribution in [0, 0.1) is 0 Å². The number of aromatic hydroxyl groups is 1. The van der Waals surface area contributed by atoms with Crippen molar-refractivity contribution in [1.29, 1.82) is 0 Å². The fraction of sp³-hybridized carbons (Fsp3) is 0.133. The van der Waals surface area contributed by atoms with Crippen molar-refractivity contribution in [2.24, 2.45) is 5.73 Å². The number of fused-ring (bicyclic) bond motifs is 1. The van der Waals surface area contributed by atoms with Crippen molar-refractivity contribution in [2.45, 2.75) is 13.3 Å². The Kier molecular flexibility index (Phi) is 3.06. The molecule has 0 atom stereocenters. The molecule has 0 fully saturated rings. The van der Waals surface area contributed by atoms with Crippen LogP contribution in [-0.4, -0.2) is 26.2 Å². The maximum Gasteiger partial charge on any atom is 0.249 e. The lowest BCUT2D eigenvalue weighted by atomic mass is 10.0. The van der Waals surface area contributed by atoms with E-state index >= 15 is 0 Å². The third-order valence-electron chi connectivity index (χ3n) is 3.38. The number of aromatic amines is 1. The number of amides is 1. The molecule has 0 aliphatic heterocycles. The van der Waals surface area contributed by atoms with Crippen molar-refractivity contribution in [3.63, 3.8) is 0 Å². The molecule has 0 radical (unpaired) electrons. The first-order valence-corrected chi connectivity index (χ1v) is 6.57. The largest absolute Gasteiger partial charge is 0.508 e. The standard InChI is InChI=1S/C15H14N4O2/c1-2-11-13-10(14(16)21)7-12(17-15(13)19-18-11)8-3-5-9(20)6-4-8/h3-7,20H,2H2,1H3,(H2,16,21)(H,17,18,19). The Morgan fingerprint density at radius 3 is 2.67 bits per heavy atom. The van der Waals surface area contributed by atoms with Crippen molar-refractivity contribution in [1.82, 2.24) is 15.2 Å². The molecule has 2 aromatic heterocycles. The number of phenols is 1. The first-order chi connectivity index (χ1) is 10.1. The number of aryl methyl sites for hydroxylation is 1. The van der Waals surface area contributed by atoms with E-state index in [1.807, 2.05) is 6.92 Å². The first kappa shape index (κ1) is 13.1. The second-order valence-electron chi connectivity index (χ2n) is 4.72. The molecule has 0 saturated carbocycles. The number of H-pyrrole nitrogens is 1. The van der Waals surface area contributed by atoms with Gasteiger partial charge in [-0.25, -0.2) is 4.98 Å². The Morgan fingerprint density at radius 1 is 1.33 bits per heavy atom. The van der Waals surface area contributed by atoms with Gasteiger partial charge in [-0.05, 0) is 36.8 Å². The summed E-state index contributed by atoms with van der Waals surface area (Å²) in [5.41, 5.74) is 8.55. The lowest BCUT2D eigenvalue weighted by Gasteiger charge is -2.05. The van der Waals surface area contributed by atoms with Gasteiger partial charge in [-0.15, -0.1) is 0 Å². The summed E-state index contributed by atoms with van der Waals surface area (Å²) >= 11 is 0. The van der Waals surface area contributed by atoms with Crippen LogP contribution in [0.15, 0.2) is 30.3 Å². The predicted octanol–water partition coefficient (Wildman–Crippen LogP) is 1.99. The molecular formula is C15H14N4O2. The fourth-order valence-electron chi connectivity index (χ4n) is 2.32. The normalized spacial score (nSPS) is 10.9. The summed E-state index contributed by atoms with van der Waals surface area (Å²) in [7, 11) is 0. The smallest absolute Gasteiger partial charge is 0.249 e. The van der Waals surface area contributed by atoms with E-state index < -0.39 is 5.91 Å². The highest BCUT2D eigenvalue weighted by atomic mass is 16.3. The molecule has 0 aliphatic carbocycles. The van der Waals surface area contributed by atoms with Crippen LogP contribution in [0.2, 0.25) is 0 Å². The number of aromatic nitrogens is 3. The van der Waals surface area contributed by atoms with Gasteiger partial charge in [-0.3, -0.25) is 9.89 Å². The van der Waals surface area contributed by atoms with E-state index in [0.29, 0.717) is 28.7 Å². The van der Waals surface area contributed by atoms with Gasteiger partial charge in [-0.2, -0.15) is 5.10 Å². The average molecular weight is 282 g/mol. The maximum atomic E-state index is 11.7. The fourth-order valence-corrected chi connectivity index (χ4v) is 2.32. The predicted molar refractivity (Wildman–Crippen MR) is 78.9 cm³/mol. The molecule has 0 bridgehead atoms. The number of carbonyl (C=O) groups excluding carboxylic acids is 1. The number of primary amides is 1. The molecule has 3 rings (SSSR count). The zero-order valence-corrected chi connectivity index (χ0v) is 11.4. The van der Waals surface area contributed by atoms with Gasteiger partial charge in [0.05, 0.1) is 16.6 Å². The molecule has 6 nitrogen and oxygen atoms in total. The van der Waals surface area contributed by atoms with Crippen LogP contribution in [0.3, 0.4) is 0 Å². The lowest BCUT2D eigenvalue weighted by molar-refractivity contribution is 0.100. The molecule has 6 heteroatoms. The summed E-state index contributed by atoms with van der Waals surface area (Å²) in [6.07, 6.45) is 0.705. The van der Waals surface area contributed by atoms with Gasteiger partial charge in [0.2, 0.25) is 5.91 Å². The van der Waals surface area contributed by atoms with Gasteiger partial charge in [0, 0.05) is 11.3 Å². The highest BCUT2D eigenvalue weighted by Crippen LogP contribution is 2.26. The summed E-state index contributed by atoms with van der Waals surface area (Å²) in [6, 6.07) is 8.23. The second-order valence-corrected chi connectivity index (χ2v) is 4.72. The molecule has 0 aliphatic rings. The summed E-state index contributed by atoms with van der Waals surface area (Å²) in [5.74, 6) is -0.346. The Bertz CT molecular complexity index is 822. The van der Waals surface area contributed by atoms with Crippen molar-refractivity contribution >= 4 is 16.9 Å². The summed E-state index contributed by atoms with van der Waals surface area (Å²) < 4.78 is 0. The molecule has 4 N–H and O–H groups in total. The van der Waals surface area contributed by atoms with Crippen LogP contribution >= 0.6 is 0 Å². The third kappa shape index (κ3) is 2.20. The minimum absolute atomic E-state index is 0.169. The average Bonchev–Trinajstić information content (AvgIpc) is 2.89. The summed E-state index contributed by atoms with van der Waals surface area (Å²) in [4.78, 5) is 16.2. The Balaban J connectivity index is 2.26. The number of benzene rings is 1. The van der Waals surface area contributed by atoms with Gasteiger partial charge < -0.3 is 10.8 Å². The van der Waals surface area contributed by atoms with E-state index in [9.17, 15) is 9.90 Å². The van der Waals surface area contributed by atoms with E-state index in [0.717, 1.165) is 11.3 Å². The molecule has 21 heavy (non-hydrogen) atoms. The summed E-state index contributed by atoms with van der Waals surface area (Å²) in [6.45, 7) is 1.96. The number of hydrogen-bond donors (Lipinski definition) is 3. The first-order valence-electron chi connectivity index (χ1n) is 6.57.